The molecule has 0 bridgehead atoms. The fourth-order valence-corrected chi connectivity index (χ4v) is 6.99. The van der Waals surface area contributed by atoms with Crippen molar-refractivity contribution in [1.29, 1.82) is 0 Å². The van der Waals surface area contributed by atoms with Gasteiger partial charge in [-0.3, -0.25) is 9.69 Å². The van der Waals surface area contributed by atoms with Crippen LogP contribution >= 0.6 is 0 Å². The van der Waals surface area contributed by atoms with Crippen LogP contribution in [0, 0.1) is 0 Å². The standard InChI is InChI=1S/C43H86N2O/c1-5-9-11-13-15-17-19-21-23-25-27-29-31-33-35-37-40-45(42(39-7-3)44-43(46)8-4)41-38-36-34-32-30-28-26-24-22-20-18-16-14-12-10-6-2/h8,42H,4-7,9-41H2,1-3H3,(H,44,46). The number of nitrogens with zero attached hydrogens (tertiary/aromatic N) is 1. The quantitative estimate of drug-likeness (QED) is 0.0409. The van der Waals surface area contributed by atoms with Crippen LogP contribution in [0.3, 0.4) is 0 Å². The zero-order valence-corrected chi connectivity index (χ0v) is 32.2. The second-order valence-electron chi connectivity index (χ2n) is 14.7. The van der Waals surface area contributed by atoms with Crippen molar-refractivity contribution >= 4 is 5.91 Å². The molecule has 1 atom stereocenters. The summed E-state index contributed by atoms with van der Waals surface area (Å²) in [4.78, 5) is 14.8. The van der Waals surface area contributed by atoms with Gasteiger partial charge < -0.3 is 5.32 Å². The molecule has 0 radical (unpaired) electrons. The minimum absolute atomic E-state index is 0.0256. The molecule has 0 spiro atoms. The minimum Gasteiger partial charge on any atom is -0.337 e. The van der Waals surface area contributed by atoms with Gasteiger partial charge in [-0.25, -0.2) is 0 Å². The van der Waals surface area contributed by atoms with Crippen LogP contribution in [0.15, 0.2) is 12.7 Å². The molecule has 1 amide bonds. The maximum Gasteiger partial charge on any atom is 0.244 e. The first kappa shape index (κ1) is 45.2. The molecule has 0 aromatic heterocycles. The minimum atomic E-state index is -0.0256. The first-order valence-corrected chi connectivity index (χ1v) is 21.4. The number of rotatable bonds is 39. The van der Waals surface area contributed by atoms with E-state index >= 15 is 0 Å². The van der Waals surface area contributed by atoms with E-state index in [0.717, 1.165) is 25.9 Å². The number of hydrogen-bond donors (Lipinski definition) is 1. The van der Waals surface area contributed by atoms with Gasteiger partial charge in [0.1, 0.15) is 0 Å². The second kappa shape index (κ2) is 38.6. The third kappa shape index (κ3) is 33.1. The summed E-state index contributed by atoms with van der Waals surface area (Å²) >= 11 is 0. The lowest BCUT2D eigenvalue weighted by molar-refractivity contribution is -0.118. The number of carbonyl (C=O) groups excluding carboxylic acids is 1. The van der Waals surface area contributed by atoms with Crippen molar-refractivity contribution in [1.82, 2.24) is 10.2 Å². The van der Waals surface area contributed by atoms with E-state index in [2.05, 4.69) is 37.6 Å². The molecule has 0 aromatic rings. The topological polar surface area (TPSA) is 32.3 Å². The Morgan fingerprint density at radius 1 is 0.457 bits per heavy atom. The van der Waals surface area contributed by atoms with E-state index in [0.29, 0.717) is 0 Å². The van der Waals surface area contributed by atoms with Crippen molar-refractivity contribution < 1.29 is 4.79 Å². The van der Waals surface area contributed by atoms with Gasteiger partial charge >= 0.3 is 0 Å². The van der Waals surface area contributed by atoms with Crippen molar-refractivity contribution in [2.75, 3.05) is 13.1 Å². The molecule has 0 fully saturated rings. The SMILES string of the molecule is C=CC(=O)NC(CCC)N(CCCCCCCCCCCCCCCCCC)CCCCCCCCCCCCCCCCCC. The Morgan fingerprint density at radius 2 is 0.717 bits per heavy atom. The van der Waals surface area contributed by atoms with Crippen LogP contribution in [0.4, 0.5) is 0 Å². The van der Waals surface area contributed by atoms with Gasteiger partial charge in [-0.05, 0) is 25.3 Å². The second-order valence-corrected chi connectivity index (χ2v) is 14.7. The maximum atomic E-state index is 12.2. The monoisotopic (exact) mass is 647 g/mol. The van der Waals surface area contributed by atoms with Gasteiger partial charge in [-0.2, -0.15) is 0 Å². The van der Waals surface area contributed by atoms with E-state index in [1.165, 1.54) is 212 Å². The molecule has 0 saturated heterocycles. The van der Waals surface area contributed by atoms with Gasteiger partial charge in [-0.15, -0.1) is 0 Å². The van der Waals surface area contributed by atoms with Crippen LogP contribution in [0.1, 0.15) is 239 Å². The van der Waals surface area contributed by atoms with Crippen molar-refractivity contribution in [3.05, 3.63) is 12.7 Å². The fourth-order valence-electron chi connectivity index (χ4n) is 6.99. The first-order chi connectivity index (χ1) is 22.7. The van der Waals surface area contributed by atoms with E-state index in [4.69, 9.17) is 0 Å². The van der Waals surface area contributed by atoms with Crippen molar-refractivity contribution in [2.45, 2.75) is 245 Å². The van der Waals surface area contributed by atoms with Crippen LogP contribution in [-0.2, 0) is 4.79 Å². The lowest BCUT2D eigenvalue weighted by Gasteiger charge is -2.32. The largest absolute Gasteiger partial charge is 0.337 e. The van der Waals surface area contributed by atoms with Crippen LogP contribution in [0.2, 0.25) is 0 Å². The molecule has 274 valence electrons. The summed E-state index contributed by atoms with van der Waals surface area (Å²) in [6.45, 7) is 12.7. The molecule has 0 aliphatic heterocycles. The summed E-state index contributed by atoms with van der Waals surface area (Å²) in [5, 5.41) is 3.25. The van der Waals surface area contributed by atoms with Crippen molar-refractivity contribution in [3.8, 4) is 0 Å². The van der Waals surface area contributed by atoms with Crippen LogP contribution in [0.5, 0.6) is 0 Å². The summed E-state index contributed by atoms with van der Waals surface area (Å²) in [5.41, 5.74) is 0. The summed E-state index contributed by atoms with van der Waals surface area (Å²) in [7, 11) is 0. The fraction of sp³-hybridized carbons (Fsp3) is 0.930. The number of amides is 1. The normalized spacial score (nSPS) is 12.2. The smallest absolute Gasteiger partial charge is 0.244 e. The van der Waals surface area contributed by atoms with Crippen LogP contribution in [0.25, 0.3) is 0 Å². The summed E-state index contributed by atoms with van der Waals surface area (Å²) < 4.78 is 0. The highest BCUT2D eigenvalue weighted by molar-refractivity contribution is 5.87. The Hall–Kier alpha value is -0.830. The third-order valence-electron chi connectivity index (χ3n) is 10.1. The zero-order valence-electron chi connectivity index (χ0n) is 32.2. The Morgan fingerprint density at radius 3 is 0.957 bits per heavy atom. The lowest BCUT2D eigenvalue weighted by Crippen LogP contribution is -2.48. The molecule has 46 heavy (non-hydrogen) atoms. The molecule has 0 saturated carbocycles. The molecule has 0 aromatic carbocycles. The first-order valence-electron chi connectivity index (χ1n) is 21.4. The van der Waals surface area contributed by atoms with E-state index in [9.17, 15) is 4.79 Å². The summed E-state index contributed by atoms with van der Waals surface area (Å²) in [6.07, 6.45) is 48.8. The number of hydrogen-bond acceptors (Lipinski definition) is 2. The van der Waals surface area contributed by atoms with Crippen LogP contribution in [-0.4, -0.2) is 30.1 Å². The van der Waals surface area contributed by atoms with Gasteiger partial charge in [0, 0.05) is 13.1 Å². The third-order valence-corrected chi connectivity index (χ3v) is 10.1. The summed E-state index contributed by atoms with van der Waals surface area (Å²) in [6, 6.07) is 0. The van der Waals surface area contributed by atoms with Crippen molar-refractivity contribution in [3.63, 3.8) is 0 Å². The van der Waals surface area contributed by atoms with E-state index in [1.807, 2.05) is 0 Å². The number of nitrogens with one attached hydrogen (secondary N) is 1. The molecule has 1 N–H and O–H groups in total. The van der Waals surface area contributed by atoms with Crippen molar-refractivity contribution in [2.24, 2.45) is 0 Å². The predicted molar refractivity (Wildman–Crippen MR) is 208 cm³/mol. The molecular formula is C43H86N2O. The molecule has 1 unspecified atom stereocenters. The molecule has 0 aliphatic carbocycles. The molecule has 3 nitrogen and oxygen atoms in total. The number of carbonyl (C=O) groups is 1. The highest BCUT2D eigenvalue weighted by Gasteiger charge is 2.18. The summed E-state index contributed by atoms with van der Waals surface area (Å²) in [5.74, 6) is -0.0256. The molecule has 0 heterocycles. The lowest BCUT2D eigenvalue weighted by atomic mass is 10.0. The van der Waals surface area contributed by atoms with E-state index < -0.39 is 0 Å². The van der Waals surface area contributed by atoms with Crippen LogP contribution < -0.4 is 5.32 Å². The Bertz CT molecular complexity index is 570. The van der Waals surface area contributed by atoms with E-state index in [-0.39, 0.29) is 12.1 Å². The predicted octanol–water partition coefficient (Wildman–Crippen LogP) is 14.2. The van der Waals surface area contributed by atoms with E-state index in [1.54, 1.807) is 0 Å². The Kier molecular flexibility index (Phi) is 37.9. The molecule has 0 aliphatic rings. The molecule has 0 rings (SSSR count). The average molecular weight is 647 g/mol. The van der Waals surface area contributed by atoms with Gasteiger partial charge in [0.15, 0.2) is 0 Å². The average Bonchev–Trinajstić information content (AvgIpc) is 3.06. The maximum absolute atomic E-state index is 12.2. The van der Waals surface area contributed by atoms with Gasteiger partial charge in [0.05, 0.1) is 6.17 Å². The highest BCUT2D eigenvalue weighted by atomic mass is 16.1. The molecule has 3 heteroatoms. The molecular weight excluding hydrogens is 560 g/mol. The van der Waals surface area contributed by atoms with Gasteiger partial charge in [0.2, 0.25) is 5.91 Å². The van der Waals surface area contributed by atoms with Gasteiger partial charge in [-0.1, -0.05) is 226 Å². The number of unbranched alkanes of at least 4 members (excludes halogenated alkanes) is 30. The Balaban J connectivity index is 3.98. The Labute approximate surface area is 291 Å². The highest BCUT2D eigenvalue weighted by Crippen LogP contribution is 2.17. The van der Waals surface area contributed by atoms with Gasteiger partial charge in [0.25, 0.3) is 0 Å². The zero-order chi connectivity index (χ0) is 33.6.